The topological polar surface area (TPSA) is 34.9 Å². The van der Waals surface area contributed by atoms with Crippen LogP contribution < -0.4 is 0 Å². The highest BCUT2D eigenvalue weighted by molar-refractivity contribution is 9.10. The molecule has 0 unspecified atom stereocenters. The summed E-state index contributed by atoms with van der Waals surface area (Å²) in [6, 6.07) is 5.03. The van der Waals surface area contributed by atoms with Gasteiger partial charge in [0.05, 0.1) is 11.2 Å². The second-order valence-corrected chi connectivity index (χ2v) is 5.40. The second-order valence-electron chi connectivity index (χ2n) is 3.64. The van der Waals surface area contributed by atoms with E-state index in [4.69, 9.17) is 23.2 Å². The Morgan fingerprint density at radius 1 is 1.39 bits per heavy atom. The molecule has 0 atom stereocenters. The Labute approximate surface area is 123 Å². The van der Waals surface area contributed by atoms with E-state index >= 15 is 0 Å². The van der Waals surface area contributed by atoms with Gasteiger partial charge in [-0.2, -0.15) is 5.10 Å². The van der Waals surface area contributed by atoms with Gasteiger partial charge >= 0.3 is 0 Å². The predicted molar refractivity (Wildman–Crippen MR) is 75.5 cm³/mol. The van der Waals surface area contributed by atoms with Crippen molar-refractivity contribution in [1.82, 2.24) is 9.78 Å². The second kappa shape index (κ2) is 5.43. The van der Waals surface area contributed by atoms with Gasteiger partial charge in [0.1, 0.15) is 5.69 Å². The van der Waals surface area contributed by atoms with Gasteiger partial charge in [0.2, 0.25) is 5.78 Å². The number of ketones is 1. The van der Waals surface area contributed by atoms with Crippen molar-refractivity contribution < 1.29 is 4.79 Å². The van der Waals surface area contributed by atoms with Crippen LogP contribution in [0.4, 0.5) is 0 Å². The number of hydrogen-bond donors (Lipinski definition) is 0. The average Bonchev–Trinajstić information content (AvgIpc) is 2.68. The van der Waals surface area contributed by atoms with Crippen molar-refractivity contribution in [1.29, 1.82) is 0 Å². The molecule has 0 fully saturated rings. The number of rotatable bonds is 3. The van der Waals surface area contributed by atoms with E-state index in [0.29, 0.717) is 27.8 Å². The first-order chi connectivity index (χ1) is 8.52. The Morgan fingerprint density at radius 3 is 2.72 bits per heavy atom. The van der Waals surface area contributed by atoms with Gasteiger partial charge in [-0.25, -0.2) is 0 Å². The van der Waals surface area contributed by atoms with Crippen molar-refractivity contribution in [3.63, 3.8) is 0 Å². The van der Waals surface area contributed by atoms with Crippen molar-refractivity contribution in [3.05, 3.63) is 50.2 Å². The lowest BCUT2D eigenvalue weighted by atomic mass is 10.1. The van der Waals surface area contributed by atoms with Crippen LogP contribution in [0, 0.1) is 0 Å². The maximum absolute atomic E-state index is 12.4. The van der Waals surface area contributed by atoms with E-state index < -0.39 is 0 Å². The molecule has 1 aromatic carbocycles. The summed E-state index contributed by atoms with van der Waals surface area (Å²) < 4.78 is 2.32. The fourth-order valence-corrected chi connectivity index (χ4v) is 2.74. The summed E-state index contributed by atoms with van der Waals surface area (Å²) in [5.41, 5.74) is 0.861. The summed E-state index contributed by atoms with van der Waals surface area (Å²) in [4.78, 5) is 12.4. The van der Waals surface area contributed by atoms with E-state index in [1.165, 1.54) is 6.20 Å². The van der Waals surface area contributed by atoms with Crippen LogP contribution in [0.15, 0.2) is 28.9 Å². The van der Waals surface area contributed by atoms with Gasteiger partial charge in [0.15, 0.2) is 0 Å². The van der Waals surface area contributed by atoms with Crippen molar-refractivity contribution in [3.8, 4) is 0 Å². The standard InChI is InChI=1S/C12H9BrCl2N2O/c1-2-17-11(10(15)6-16-17)12(18)7-3-8(13)5-9(14)4-7/h3-6H,2H2,1H3. The van der Waals surface area contributed by atoms with Gasteiger partial charge in [0.25, 0.3) is 0 Å². The molecule has 94 valence electrons. The lowest BCUT2D eigenvalue weighted by molar-refractivity contribution is 0.102. The number of aryl methyl sites for hydroxylation is 1. The summed E-state index contributed by atoms with van der Waals surface area (Å²) in [5, 5.41) is 4.88. The minimum atomic E-state index is -0.192. The largest absolute Gasteiger partial charge is 0.287 e. The number of carbonyl (C=O) groups excluding carboxylic acids is 1. The van der Waals surface area contributed by atoms with Crippen LogP contribution in [-0.2, 0) is 6.54 Å². The number of carbonyl (C=O) groups is 1. The SMILES string of the molecule is CCn1ncc(Cl)c1C(=O)c1cc(Cl)cc(Br)c1. The molecule has 2 aromatic rings. The average molecular weight is 348 g/mol. The minimum Gasteiger partial charge on any atom is -0.287 e. The molecule has 0 amide bonds. The molecule has 6 heteroatoms. The number of aromatic nitrogens is 2. The number of nitrogens with zero attached hydrogens (tertiary/aromatic N) is 2. The molecule has 0 aliphatic rings. The van der Waals surface area contributed by atoms with Crippen LogP contribution in [0.2, 0.25) is 10.0 Å². The zero-order chi connectivity index (χ0) is 13.3. The fourth-order valence-electron chi connectivity index (χ4n) is 1.65. The molecule has 0 bridgehead atoms. The summed E-state index contributed by atoms with van der Waals surface area (Å²) in [5.74, 6) is -0.192. The van der Waals surface area contributed by atoms with Crippen LogP contribution in [0.3, 0.4) is 0 Å². The summed E-state index contributed by atoms with van der Waals surface area (Å²) in [7, 11) is 0. The Balaban J connectivity index is 2.50. The maximum Gasteiger partial charge on any atom is 0.212 e. The van der Waals surface area contributed by atoms with Crippen LogP contribution in [-0.4, -0.2) is 15.6 Å². The Morgan fingerprint density at radius 2 is 2.11 bits per heavy atom. The monoisotopic (exact) mass is 346 g/mol. The highest BCUT2D eigenvalue weighted by atomic mass is 79.9. The summed E-state index contributed by atoms with van der Waals surface area (Å²) >= 11 is 15.2. The van der Waals surface area contributed by atoms with Crippen LogP contribution in [0.5, 0.6) is 0 Å². The molecule has 2 rings (SSSR count). The van der Waals surface area contributed by atoms with Crippen molar-refractivity contribution in [2.75, 3.05) is 0 Å². The Hall–Kier alpha value is -0.840. The third-order valence-electron chi connectivity index (χ3n) is 2.43. The highest BCUT2D eigenvalue weighted by Gasteiger charge is 2.19. The first-order valence-corrected chi connectivity index (χ1v) is 6.80. The Kier molecular flexibility index (Phi) is 4.10. The molecular weight excluding hydrogens is 339 g/mol. The molecule has 18 heavy (non-hydrogen) atoms. The zero-order valence-electron chi connectivity index (χ0n) is 9.45. The molecule has 0 aliphatic heterocycles. The third kappa shape index (κ3) is 2.60. The lowest BCUT2D eigenvalue weighted by Gasteiger charge is -2.06. The first kappa shape index (κ1) is 13.6. The molecule has 0 saturated carbocycles. The quantitative estimate of drug-likeness (QED) is 0.780. The summed E-state index contributed by atoms with van der Waals surface area (Å²) in [6.07, 6.45) is 1.47. The van der Waals surface area contributed by atoms with Crippen molar-refractivity contribution in [2.45, 2.75) is 13.5 Å². The number of benzene rings is 1. The van der Waals surface area contributed by atoms with E-state index in [1.54, 1.807) is 22.9 Å². The van der Waals surface area contributed by atoms with E-state index in [0.717, 1.165) is 4.47 Å². The summed E-state index contributed by atoms with van der Waals surface area (Å²) in [6.45, 7) is 2.48. The van der Waals surface area contributed by atoms with Crippen LogP contribution in [0.1, 0.15) is 23.0 Å². The van der Waals surface area contributed by atoms with Gasteiger partial charge < -0.3 is 0 Å². The van der Waals surface area contributed by atoms with Gasteiger partial charge in [-0.3, -0.25) is 9.48 Å². The molecule has 0 N–H and O–H groups in total. The molecule has 1 heterocycles. The predicted octanol–water partition coefficient (Wildman–Crippen LogP) is 4.20. The number of halogens is 3. The van der Waals surface area contributed by atoms with Crippen LogP contribution in [0.25, 0.3) is 0 Å². The third-order valence-corrected chi connectivity index (χ3v) is 3.39. The fraction of sp³-hybridized carbons (Fsp3) is 0.167. The van der Waals surface area contributed by atoms with Gasteiger partial charge in [-0.15, -0.1) is 0 Å². The van der Waals surface area contributed by atoms with Crippen molar-refractivity contribution >= 4 is 44.9 Å². The van der Waals surface area contributed by atoms with E-state index in [2.05, 4.69) is 21.0 Å². The molecular formula is C12H9BrCl2N2O. The first-order valence-electron chi connectivity index (χ1n) is 5.25. The molecule has 0 saturated heterocycles. The molecule has 0 aliphatic carbocycles. The van der Waals surface area contributed by atoms with Gasteiger partial charge in [-0.1, -0.05) is 39.1 Å². The molecule has 3 nitrogen and oxygen atoms in total. The smallest absolute Gasteiger partial charge is 0.212 e. The molecule has 0 radical (unpaired) electrons. The highest BCUT2D eigenvalue weighted by Crippen LogP contribution is 2.24. The van der Waals surface area contributed by atoms with Gasteiger partial charge in [0, 0.05) is 21.6 Å². The number of hydrogen-bond acceptors (Lipinski definition) is 2. The van der Waals surface area contributed by atoms with E-state index in [9.17, 15) is 4.79 Å². The maximum atomic E-state index is 12.4. The minimum absolute atomic E-state index is 0.192. The lowest BCUT2D eigenvalue weighted by Crippen LogP contribution is -2.11. The van der Waals surface area contributed by atoms with E-state index in [1.807, 2.05) is 6.92 Å². The Bertz CT molecular complexity index is 590. The normalized spacial score (nSPS) is 10.7. The van der Waals surface area contributed by atoms with E-state index in [-0.39, 0.29) is 5.78 Å². The van der Waals surface area contributed by atoms with Gasteiger partial charge in [-0.05, 0) is 25.1 Å². The van der Waals surface area contributed by atoms with Crippen LogP contribution >= 0.6 is 39.1 Å². The van der Waals surface area contributed by atoms with Crippen molar-refractivity contribution in [2.24, 2.45) is 0 Å². The zero-order valence-corrected chi connectivity index (χ0v) is 12.6. The molecule has 0 spiro atoms. The molecule has 1 aromatic heterocycles.